The lowest BCUT2D eigenvalue weighted by Crippen LogP contribution is -2.66. The molecule has 2 heteroatoms. The first-order valence-electron chi connectivity index (χ1n) is 13.9. The number of Topliss-reactive ketones (excluding diaryl/α,β-unsaturated/α-hetero) is 1. The van der Waals surface area contributed by atoms with Crippen LogP contribution in [0.5, 0.6) is 0 Å². The second-order valence-corrected chi connectivity index (χ2v) is 14.1. The lowest BCUT2D eigenvalue weighted by atomic mass is 9.32. The molecule has 2 nitrogen and oxygen atoms in total. The molecule has 184 valence electrons. The van der Waals surface area contributed by atoms with Crippen molar-refractivity contribution in [2.45, 2.75) is 98.8 Å². The van der Waals surface area contributed by atoms with Gasteiger partial charge in [-0.3, -0.25) is 4.79 Å². The minimum atomic E-state index is -0.548. The molecule has 0 spiro atoms. The van der Waals surface area contributed by atoms with E-state index in [4.69, 9.17) is 0 Å². The number of carbonyl (C=O) groups is 1. The molecule has 33 heavy (non-hydrogen) atoms. The first kappa shape index (κ1) is 23.8. The van der Waals surface area contributed by atoms with Crippen molar-refractivity contribution < 1.29 is 9.90 Å². The van der Waals surface area contributed by atoms with Gasteiger partial charge in [0.1, 0.15) is 5.78 Å². The fourth-order valence-corrected chi connectivity index (χ4v) is 11.4. The normalized spacial score (nSPS) is 55.7. The van der Waals surface area contributed by atoms with Crippen LogP contribution >= 0.6 is 0 Å². The van der Waals surface area contributed by atoms with Crippen LogP contribution in [-0.4, -0.2) is 17.5 Å². The van der Waals surface area contributed by atoms with Gasteiger partial charge in [-0.25, -0.2) is 0 Å². The Balaban J connectivity index is 1.56. The maximum atomic E-state index is 13.0. The lowest BCUT2D eigenvalue weighted by molar-refractivity contribution is -0.234. The van der Waals surface area contributed by atoms with Crippen LogP contribution < -0.4 is 0 Å². The fraction of sp³-hybridized carbons (Fsp3) is 0.839. The summed E-state index contributed by atoms with van der Waals surface area (Å²) >= 11 is 0. The largest absolute Gasteiger partial charge is 0.395 e. The average Bonchev–Trinajstić information content (AvgIpc) is 3.17. The fourth-order valence-electron chi connectivity index (χ4n) is 11.4. The second-order valence-electron chi connectivity index (χ2n) is 14.1. The third-order valence-corrected chi connectivity index (χ3v) is 13.4. The van der Waals surface area contributed by atoms with Crippen LogP contribution in [0, 0.1) is 56.7 Å². The first-order chi connectivity index (χ1) is 15.4. The van der Waals surface area contributed by atoms with Crippen molar-refractivity contribution in [3.8, 4) is 0 Å². The van der Waals surface area contributed by atoms with E-state index in [9.17, 15) is 9.90 Å². The van der Waals surface area contributed by atoms with Gasteiger partial charge < -0.3 is 5.11 Å². The zero-order valence-electron chi connectivity index (χ0n) is 22.0. The van der Waals surface area contributed by atoms with E-state index in [1.165, 1.54) is 50.5 Å². The molecule has 0 bridgehead atoms. The molecule has 0 aromatic heterocycles. The van der Waals surface area contributed by atoms with Gasteiger partial charge in [0.2, 0.25) is 0 Å². The second kappa shape index (κ2) is 7.31. The molecule has 0 aromatic carbocycles. The maximum Gasteiger partial charge on any atom is 0.141 e. The Morgan fingerprint density at radius 1 is 0.970 bits per heavy atom. The van der Waals surface area contributed by atoms with Crippen molar-refractivity contribution >= 4 is 5.78 Å². The van der Waals surface area contributed by atoms with E-state index >= 15 is 0 Å². The molecule has 5 rings (SSSR count). The van der Waals surface area contributed by atoms with Crippen LogP contribution in [0.3, 0.4) is 0 Å². The van der Waals surface area contributed by atoms with Gasteiger partial charge in [0.15, 0.2) is 0 Å². The number of aliphatic hydroxyl groups is 1. The van der Waals surface area contributed by atoms with Crippen LogP contribution in [0.2, 0.25) is 0 Å². The van der Waals surface area contributed by atoms with Gasteiger partial charge in [0.25, 0.3) is 0 Å². The van der Waals surface area contributed by atoms with Crippen molar-refractivity contribution in [2.75, 3.05) is 6.61 Å². The Hall–Kier alpha value is -0.890. The molecular weight excluding hydrogens is 404 g/mol. The van der Waals surface area contributed by atoms with Crippen molar-refractivity contribution in [3.05, 3.63) is 24.8 Å². The lowest BCUT2D eigenvalue weighted by Gasteiger charge is -2.72. The standard InChI is InChI=1S/C31H48O2/c1-8-31-16-11-21(20(2)3)26(31)22-9-10-24-27(4)14-13-25(33)28(5,19-32)23(27)12-15-30(24,7)29(22,6)17-18-31/h8,21-24,26,32H,1-2,9-19H2,3-7H3/t21-,22?,23+,24+,26+,27-,28-,29+,30+,31+/m0/s1. The van der Waals surface area contributed by atoms with E-state index in [2.05, 4.69) is 53.9 Å². The highest BCUT2D eigenvalue weighted by Crippen LogP contribution is 2.77. The zero-order chi connectivity index (χ0) is 24.0. The topological polar surface area (TPSA) is 37.3 Å². The van der Waals surface area contributed by atoms with Crippen LogP contribution in [0.4, 0.5) is 0 Å². The minimum Gasteiger partial charge on any atom is -0.395 e. The van der Waals surface area contributed by atoms with Gasteiger partial charge in [0, 0.05) is 6.42 Å². The summed E-state index contributed by atoms with van der Waals surface area (Å²) < 4.78 is 0. The van der Waals surface area contributed by atoms with Crippen LogP contribution in [0.1, 0.15) is 98.8 Å². The summed E-state index contributed by atoms with van der Waals surface area (Å²) in [5.74, 6) is 3.35. The highest BCUT2D eigenvalue weighted by atomic mass is 16.3. The van der Waals surface area contributed by atoms with Crippen molar-refractivity contribution in [2.24, 2.45) is 56.7 Å². The molecule has 5 saturated carbocycles. The van der Waals surface area contributed by atoms with Gasteiger partial charge in [-0.2, -0.15) is 0 Å². The summed E-state index contributed by atoms with van der Waals surface area (Å²) in [4.78, 5) is 13.0. The number of ketones is 1. The zero-order valence-corrected chi connectivity index (χ0v) is 22.0. The summed E-state index contributed by atoms with van der Waals surface area (Å²) in [6, 6.07) is 0. The predicted molar refractivity (Wildman–Crippen MR) is 136 cm³/mol. The van der Waals surface area contributed by atoms with Gasteiger partial charge in [-0.15, -0.1) is 6.58 Å². The number of hydrogen-bond acceptors (Lipinski definition) is 2. The number of allylic oxidation sites excluding steroid dienone is 2. The van der Waals surface area contributed by atoms with E-state index in [-0.39, 0.29) is 12.0 Å². The van der Waals surface area contributed by atoms with E-state index in [1.54, 1.807) is 0 Å². The number of rotatable bonds is 3. The average molecular weight is 453 g/mol. The Morgan fingerprint density at radius 3 is 2.33 bits per heavy atom. The number of aliphatic hydroxyl groups excluding tert-OH is 1. The molecule has 5 aliphatic rings. The highest BCUT2D eigenvalue weighted by Gasteiger charge is 2.70. The number of fused-ring (bicyclic) bond motifs is 7. The summed E-state index contributed by atoms with van der Waals surface area (Å²) in [6.07, 6.45) is 14.1. The maximum absolute atomic E-state index is 13.0. The van der Waals surface area contributed by atoms with Crippen LogP contribution in [0.25, 0.3) is 0 Å². The summed E-state index contributed by atoms with van der Waals surface area (Å²) in [5, 5.41) is 10.4. The minimum absolute atomic E-state index is 0.0135. The summed E-state index contributed by atoms with van der Waals surface area (Å²) in [7, 11) is 0. The van der Waals surface area contributed by atoms with Crippen molar-refractivity contribution in [3.63, 3.8) is 0 Å². The monoisotopic (exact) mass is 452 g/mol. The molecule has 1 N–H and O–H groups in total. The van der Waals surface area contributed by atoms with Gasteiger partial charge in [-0.05, 0) is 116 Å². The van der Waals surface area contributed by atoms with Crippen LogP contribution in [-0.2, 0) is 4.79 Å². The Labute approximate surface area is 202 Å². The Bertz CT molecular complexity index is 874. The van der Waals surface area contributed by atoms with Gasteiger partial charge in [-0.1, -0.05) is 45.9 Å². The summed E-state index contributed by atoms with van der Waals surface area (Å²) in [6.45, 7) is 21.0. The molecule has 0 aliphatic heterocycles. The van der Waals surface area contributed by atoms with E-state index in [1.807, 2.05) is 0 Å². The van der Waals surface area contributed by atoms with Crippen LogP contribution in [0.15, 0.2) is 24.8 Å². The first-order valence-corrected chi connectivity index (χ1v) is 13.9. The number of hydrogen-bond donors (Lipinski definition) is 1. The van der Waals surface area contributed by atoms with Gasteiger partial charge in [0.05, 0.1) is 12.0 Å². The SMILES string of the molecule is C=C[C@]12CC[C@@H](C(=C)C)[C@@H]1C1CC[C@@H]3[C@@]4(C)CCC(=O)[C@@](C)(CO)[C@@H]4CC[C@@]3(C)[C@]1(C)CC2. The van der Waals surface area contributed by atoms with E-state index < -0.39 is 5.41 Å². The summed E-state index contributed by atoms with van der Waals surface area (Å²) in [5.41, 5.74) is 1.94. The molecule has 5 fully saturated rings. The van der Waals surface area contributed by atoms with Crippen molar-refractivity contribution in [1.82, 2.24) is 0 Å². The Kier molecular flexibility index (Phi) is 5.28. The molecule has 1 unspecified atom stereocenters. The molecule has 0 saturated heterocycles. The molecule has 0 radical (unpaired) electrons. The quantitative estimate of drug-likeness (QED) is 0.454. The number of carbonyl (C=O) groups excluding carboxylic acids is 1. The molecular formula is C31H48O2. The van der Waals surface area contributed by atoms with Gasteiger partial charge >= 0.3 is 0 Å². The smallest absolute Gasteiger partial charge is 0.141 e. The third-order valence-electron chi connectivity index (χ3n) is 13.4. The Morgan fingerprint density at radius 2 is 1.70 bits per heavy atom. The van der Waals surface area contributed by atoms with Crippen molar-refractivity contribution in [1.29, 1.82) is 0 Å². The molecule has 5 aliphatic carbocycles. The van der Waals surface area contributed by atoms with E-state index in [0.717, 1.165) is 18.8 Å². The predicted octanol–water partition coefficient (Wildman–Crippen LogP) is 7.37. The molecule has 0 heterocycles. The van der Waals surface area contributed by atoms with E-state index in [0.29, 0.717) is 52.1 Å². The molecule has 0 amide bonds. The third kappa shape index (κ3) is 2.74. The molecule has 10 atom stereocenters. The highest BCUT2D eigenvalue weighted by molar-refractivity contribution is 5.86. The molecule has 0 aromatic rings.